The molecule has 15 atom stereocenters. The lowest BCUT2D eigenvalue weighted by atomic mass is 9.97. The van der Waals surface area contributed by atoms with Gasteiger partial charge in [-0.15, -0.1) is 11.8 Å². The molecule has 0 aromatic heterocycles. The number of carbonyl (C=O) groups excluding carboxylic acids is 17. The van der Waals surface area contributed by atoms with E-state index in [1.165, 1.54) is 97.2 Å². The van der Waals surface area contributed by atoms with Crippen molar-refractivity contribution in [2.75, 3.05) is 32.2 Å². The van der Waals surface area contributed by atoms with Crippen molar-refractivity contribution < 1.29 is 102 Å². The number of thioether (sulfide) groups is 1. The van der Waals surface area contributed by atoms with Crippen LogP contribution in [-0.2, 0) is 112 Å². The van der Waals surface area contributed by atoms with Crippen LogP contribution in [0.2, 0.25) is 0 Å². The highest BCUT2D eigenvalue weighted by Gasteiger charge is 2.42. The van der Waals surface area contributed by atoms with Crippen molar-refractivity contribution in [1.82, 2.24) is 78.9 Å². The molecule has 712 valence electrons. The first kappa shape index (κ1) is 107. The lowest BCUT2D eigenvalue weighted by Crippen LogP contribution is -2.62. The highest BCUT2D eigenvalue weighted by molar-refractivity contribution is 8.00. The van der Waals surface area contributed by atoms with Crippen LogP contribution in [0.3, 0.4) is 0 Å². The topological polar surface area (TPSA) is 607 Å². The number of nitrogens with zero attached hydrogens (tertiary/aromatic N) is 3. The maximum Gasteiger partial charge on any atom is 0.305 e. The van der Waals surface area contributed by atoms with Gasteiger partial charge in [0.05, 0.1) is 36.8 Å². The third-order valence-electron chi connectivity index (χ3n) is 21.8. The highest BCUT2D eigenvalue weighted by atomic mass is 32.2. The quantitative estimate of drug-likeness (QED) is 0.0380. The van der Waals surface area contributed by atoms with E-state index in [9.17, 15) is 78.1 Å². The number of aliphatic hydroxyl groups is 1. The van der Waals surface area contributed by atoms with E-state index in [4.69, 9.17) is 11.5 Å². The van der Waals surface area contributed by atoms with Gasteiger partial charge in [-0.2, -0.15) is 5.26 Å². The van der Waals surface area contributed by atoms with Crippen LogP contribution in [0.1, 0.15) is 130 Å². The van der Waals surface area contributed by atoms with Gasteiger partial charge in [0.2, 0.25) is 100 Å². The number of carbonyl (C=O) groups is 18. The van der Waals surface area contributed by atoms with E-state index in [2.05, 4.69) is 69.1 Å². The molecule has 0 spiro atoms. The largest absolute Gasteiger partial charge is 0.508 e. The van der Waals surface area contributed by atoms with E-state index in [0.717, 1.165) is 20.9 Å². The second-order valence-corrected chi connectivity index (χ2v) is 35.1. The van der Waals surface area contributed by atoms with Gasteiger partial charge < -0.3 is 106 Å². The number of aliphatic carboxylic acids is 1. The Labute approximate surface area is 769 Å². The lowest BCUT2D eigenvalue weighted by Gasteiger charge is -2.34. The van der Waals surface area contributed by atoms with Gasteiger partial charge >= 0.3 is 5.97 Å². The van der Waals surface area contributed by atoms with Gasteiger partial charge in [-0.25, -0.2) is 0 Å². The predicted molar refractivity (Wildman–Crippen MR) is 486 cm³/mol. The van der Waals surface area contributed by atoms with E-state index >= 15 is 28.8 Å². The summed E-state index contributed by atoms with van der Waals surface area (Å²) in [6.07, 6.45) is -3.77. The second kappa shape index (κ2) is 51.5. The molecule has 0 unspecified atom stereocenters. The minimum absolute atomic E-state index is 0.111. The average molecular weight is 1850 g/mol. The number of nitrogens with one attached hydrogen (secondary N) is 13. The maximum atomic E-state index is 15.3. The molecular formula is C92H122N18O21S. The zero-order valence-corrected chi connectivity index (χ0v) is 76.9. The number of primary amides is 2. The first-order chi connectivity index (χ1) is 62.3. The molecule has 5 aromatic carbocycles. The number of aliphatic hydroxyl groups excluding tert-OH is 1. The molecule has 0 saturated carbocycles. The van der Waals surface area contributed by atoms with Crippen molar-refractivity contribution in [3.8, 4) is 22.9 Å². The number of amides is 17. The summed E-state index contributed by atoms with van der Waals surface area (Å²) in [4.78, 5) is 260. The van der Waals surface area contributed by atoms with E-state index in [1.54, 1.807) is 96.1 Å². The fourth-order valence-electron chi connectivity index (χ4n) is 14.0. The molecule has 0 aliphatic carbocycles. The molecule has 5 aromatic rings. The third kappa shape index (κ3) is 33.6. The van der Waals surface area contributed by atoms with Crippen molar-refractivity contribution >= 4 is 118 Å². The van der Waals surface area contributed by atoms with Gasteiger partial charge in [-0.3, -0.25) is 86.3 Å². The van der Waals surface area contributed by atoms with Gasteiger partial charge in [-0.05, 0) is 115 Å². The smallest absolute Gasteiger partial charge is 0.305 e. The van der Waals surface area contributed by atoms with Crippen molar-refractivity contribution in [3.63, 3.8) is 0 Å². The molecule has 0 bridgehead atoms. The minimum Gasteiger partial charge on any atom is -0.508 e. The first-order valence-corrected chi connectivity index (χ1v) is 44.3. The van der Waals surface area contributed by atoms with Gasteiger partial charge in [0.25, 0.3) is 0 Å². The SMILES string of the molecule is CC(C)C[C@@H]1NC(=O)[C@H](Cc2cccc(C#N)c2)NC(=O)[C@H](CC(=O)O)NC(=O)[C@H](Cc2ccc(O)cc2)NC(=O)[C@H](Cc2ccccc2)NC(=O)CSC[C@@H](C(=O)N[C@@H](C)C(N)=O)NC(=O)[C@H](CO)NC(=O)[C@H](C(C)C)NC(=O)[C@H](CC(C)C)NC(=O)[C@H](CC(N)=O)NC(=O)[C@H](C)N(C)C(=O)[C@H](C)N(C)C(=O)[C@H](C(C)C)NC(=O)[C@H](Cc2ccc(-c3ccccc3)cc2)NC1=O. The van der Waals surface area contributed by atoms with Crippen molar-refractivity contribution in [3.05, 3.63) is 161 Å². The number of carboxylic acids is 1. The third-order valence-corrected chi connectivity index (χ3v) is 22.8. The fraction of sp³-hybridized carbons (Fsp3) is 0.467. The number of phenolic OH excluding ortho intramolecular Hbond substituents is 1. The molecule has 20 N–H and O–H groups in total. The number of carboxylic acid groups (broad SMARTS) is 1. The van der Waals surface area contributed by atoms with Crippen LogP contribution in [0.5, 0.6) is 5.75 Å². The van der Waals surface area contributed by atoms with Crippen molar-refractivity contribution in [2.45, 2.75) is 218 Å². The Morgan fingerprint density at radius 2 is 0.841 bits per heavy atom. The number of likely N-dealkylation sites (N-methyl/N-ethyl adjacent to an activating group) is 2. The molecule has 1 aliphatic heterocycles. The average Bonchev–Trinajstić information content (AvgIpc) is 0.817. The number of hydrogen-bond acceptors (Lipinski definition) is 22. The van der Waals surface area contributed by atoms with Crippen molar-refractivity contribution in [2.24, 2.45) is 35.1 Å². The summed E-state index contributed by atoms with van der Waals surface area (Å²) in [6, 6.07) is 12.9. The van der Waals surface area contributed by atoms with Gasteiger partial charge in [0.15, 0.2) is 0 Å². The molecule has 6 rings (SSSR count). The molecule has 1 aliphatic rings. The van der Waals surface area contributed by atoms with Gasteiger partial charge in [0, 0.05) is 45.5 Å². The van der Waals surface area contributed by atoms with Crippen LogP contribution in [0.15, 0.2) is 133 Å². The second-order valence-electron chi connectivity index (χ2n) is 34.1. The monoisotopic (exact) mass is 1850 g/mol. The zero-order valence-electron chi connectivity index (χ0n) is 76.0. The summed E-state index contributed by atoms with van der Waals surface area (Å²) in [5, 5.41) is 74.4. The predicted octanol–water partition coefficient (Wildman–Crippen LogP) is -0.804. The van der Waals surface area contributed by atoms with E-state index in [0.29, 0.717) is 22.9 Å². The summed E-state index contributed by atoms with van der Waals surface area (Å²) in [6.45, 7) is 15.7. The van der Waals surface area contributed by atoms with E-state index in [1.807, 2.05) is 36.4 Å². The Bertz CT molecular complexity index is 4960. The zero-order chi connectivity index (χ0) is 98.1. The summed E-state index contributed by atoms with van der Waals surface area (Å²) in [5.41, 5.74) is 14.3. The Kier molecular flexibility index (Phi) is 41.7. The molecule has 132 heavy (non-hydrogen) atoms. The molecule has 39 nitrogen and oxygen atoms in total. The van der Waals surface area contributed by atoms with Crippen LogP contribution >= 0.6 is 11.8 Å². The van der Waals surface area contributed by atoms with E-state index < -0.39 is 259 Å². The Hall–Kier alpha value is -13.8. The van der Waals surface area contributed by atoms with Crippen LogP contribution in [-0.4, -0.2) is 254 Å². The molecule has 0 radical (unpaired) electrons. The standard InChI is InChI=1S/C92H122N18O21S/c1-48(2)35-63-80(119)102-67(39-56-27-31-61(32-28-56)60-25-18-15-19-26-60)87(126)108-77(51(7)8)92(131)110(13)54(11)91(130)109(12)53(10)79(118)98-69(42-73(94)113)84(123)100-64(36-49(3)4)86(125)107-76(50(5)6)90(129)105-71(45-111)88(127)106-72(89(128)96-52(9)78(95)117)46-132-47-74(114)97-65(38-55-21-16-14-17-22-55)81(120)101-66(40-57-29-33-62(112)34-30-57)82(121)104-70(43-75(115)116)85(124)103-68(83(122)99-63)41-58-23-20-24-59(37-58)44-93/h14-34,37,48-54,63-72,76-77,111-112H,35-36,38-43,45-47H2,1-13H3,(H2,94,113)(H2,95,117)(H,96,128)(H,97,114)(H,98,118)(H,99,122)(H,100,123)(H,101,120)(H,102,119)(H,103,124)(H,104,121)(H,105,129)(H,106,127)(H,107,125)(H,108,126)(H,115,116)/t52-,53-,54-,63-,64-,65-,66-,67-,68-,69-,70-,71-,72-,76-,77-/m0/s1. The highest BCUT2D eigenvalue weighted by Crippen LogP contribution is 2.23. The molecule has 1 fully saturated rings. The normalized spacial score (nSPS) is 23.6. The summed E-state index contributed by atoms with van der Waals surface area (Å²) in [5.74, 6) is -23.1. The van der Waals surface area contributed by atoms with Crippen LogP contribution < -0.4 is 80.6 Å². The molecule has 17 amide bonds. The number of phenols is 1. The Balaban J connectivity index is 1.47. The molecule has 1 saturated heterocycles. The van der Waals surface area contributed by atoms with Crippen LogP contribution in [0, 0.1) is 35.0 Å². The Morgan fingerprint density at radius 1 is 0.447 bits per heavy atom. The van der Waals surface area contributed by atoms with E-state index in [-0.39, 0.29) is 54.0 Å². The van der Waals surface area contributed by atoms with Crippen molar-refractivity contribution in [1.29, 1.82) is 5.26 Å². The minimum atomic E-state index is -2.10. The molecular weight excluding hydrogens is 1730 g/mol. The molecule has 1 heterocycles. The van der Waals surface area contributed by atoms with Gasteiger partial charge in [-0.1, -0.05) is 165 Å². The number of hydrogen-bond donors (Lipinski definition) is 18. The van der Waals surface area contributed by atoms with Crippen LogP contribution in [0.4, 0.5) is 0 Å². The first-order valence-electron chi connectivity index (χ1n) is 43.2. The molecule has 40 heteroatoms. The summed E-state index contributed by atoms with van der Waals surface area (Å²) < 4.78 is 0. The fourth-order valence-corrected chi connectivity index (χ4v) is 14.8. The summed E-state index contributed by atoms with van der Waals surface area (Å²) in [7, 11) is 2.48. The number of aromatic hydroxyl groups is 1. The number of rotatable bonds is 23. The number of nitriles is 1. The number of nitrogens with two attached hydrogens (primary N) is 2. The Morgan fingerprint density at radius 3 is 1.33 bits per heavy atom. The van der Waals surface area contributed by atoms with Crippen LogP contribution in [0.25, 0.3) is 11.1 Å². The number of benzene rings is 5. The summed E-state index contributed by atoms with van der Waals surface area (Å²) >= 11 is 0.692. The lowest BCUT2D eigenvalue weighted by molar-refractivity contribution is -0.148. The van der Waals surface area contributed by atoms with Gasteiger partial charge in [0.1, 0.15) is 96.4 Å². The maximum absolute atomic E-state index is 15.3.